The van der Waals surface area contributed by atoms with Crippen molar-refractivity contribution in [3.8, 4) is 0 Å². The van der Waals surface area contributed by atoms with Crippen molar-refractivity contribution in [1.82, 2.24) is 0 Å². The molecule has 0 amide bonds. The first-order valence-corrected chi connectivity index (χ1v) is 12.3. The molecule has 0 atom stereocenters. The number of hydrogen-bond donors (Lipinski definition) is 0. The molecule has 37 heavy (non-hydrogen) atoms. The van der Waals surface area contributed by atoms with Crippen LogP contribution in [0.2, 0.25) is 0 Å². The van der Waals surface area contributed by atoms with Crippen molar-refractivity contribution in [1.29, 1.82) is 0 Å². The minimum atomic E-state index is -0.364. The SMILES string of the molecule is O=C(OCCOCCOCCOCCOC(=O)c1cccc2ccccc12)c1cccc2ccccc12. The molecule has 4 rings (SSSR count). The van der Waals surface area contributed by atoms with Crippen molar-refractivity contribution < 1.29 is 33.3 Å². The maximum Gasteiger partial charge on any atom is 0.338 e. The molecule has 0 aliphatic carbocycles. The van der Waals surface area contributed by atoms with Crippen LogP contribution < -0.4 is 0 Å². The van der Waals surface area contributed by atoms with E-state index in [2.05, 4.69) is 0 Å². The molecule has 0 aliphatic rings. The van der Waals surface area contributed by atoms with Gasteiger partial charge in [0.2, 0.25) is 0 Å². The third kappa shape index (κ3) is 7.60. The number of carbonyl (C=O) groups is 2. The Morgan fingerprint density at radius 3 is 1.22 bits per heavy atom. The Morgan fingerprint density at radius 1 is 0.432 bits per heavy atom. The minimum Gasteiger partial charge on any atom is -0.460 e. The molecule has 7 heteroatoms. The highest BCUT2D eigenvalue weighted by Gasteiger charge is 2.11. The fourth-order valence-electron chi connectivity index (χ4n) is 3.89. The molecule has 0 aliphatic heterocycles. The van der Waals surface area contributed by atoms with Crippen LogP contribution in [-0.4, -0.2) is 64.8 Å². The summed E-state index contributed by atoms with van der Waals surface area (Å²) in [6, 6.07) is 26.5. The van der Waals surface area contributed by atoms with Gasteiger partial charge >= 0.3 is 11.9 Å². The van der Waals surface area contributed by atoms with Crippen LogP contribution in [0, 0.1) is 0 Å². The quantitative estimate of drug-likeness (QED) is 0.176. The zero-order valence-corrected chi connectivity index (χ0v) is 20.6. The summed E-state index contributed by atoms with van der Waals surface area (Å²) in [5, 5.41) is 3.73. The lowest BCUT2D eigenvalue weighted by Gasteiger charge is -2.09. The van der Waals surface area contributed by atoms with Gasteiger partial charge in [-0.2, -0.15) is 0 Å². The monoisotopic (exact) mass is 502 g/mol. The van der Waals surface area contributed by atoms with Crippen molar-refractivity contribution >= 4 is 33.5 Å². The molecule has 7 nitrogen and oxygen atoms in total. The minimum absolute atomic E-state index is 0.169. The van der Waals surface area contributed by atoms with Crippen LogP contribution in [0.25, 0.3) is 21.5 Å². The maximum absolute atomic E-state index is 12.4. The fraction of sp³-hybridized carbons (Fsp3) is 0.267. The summed E-state index contributed by atoms with van der Waals surface area (Å²) < 4.78 is 27.0. The van der Waals surface area contributed by atoms with Crippen molar-refractivity contribution in [3.05, 3.63) is 96.1 Å². The predicted octanol–water partition coefficient (Wildman–Crippen LogP) is 5.06. The number of fused-ring (bicyclic) bond motifs is 2. The molecule has 0 unspecified atom stereocenters. The lowest BCUT2D eigenvalue weighted by Crippen LogP contribution is -2.15. The first-order chi connectivity index (χ1) is 18.2. The summed E-state index contributed by atoms with van der Waals surface area (Å²) in [6.45, 7) is 2.48. The van der Waals surface area contributed by atoms with E-state index in [1.54, 1.807) is 12.1 Å². The Bertz CT molecular complexity index is 1210. The molecule has 0 bridgehead atoms. The number of carbonyl (C=O) groups excluding carboxylic acids is 2. The van der Waals surface area contributed by atoms with E-state index in [4.69, 9.17) is 23.7 Å². The smallest absolute Gasteiger partial charge is 0.338 e. The van der Waals surface area contributed by atoms with Crippen LogP contribution in [0.3, 0.4) is 0 Å². The highest BCUT2D eigenvalue weighted by atomic mass is 16.6. The Labute approximate surface area is 215 Å². The average Bonchev–Trinajstić information content (AvgIpc) is 2.94. The van der Waals surface area contributed by atoms with E-state index in [1.807, 2.05) is 72.8 Å². The standard InChI is InChI=1S/C30H30O7/c31-29(27-13-5-9-23-7-1-3-11-25(23)27)36-21-19-34-17-15-33-16-18-35-20-22-37-30(32)28-14-6-10-24-8-2-4-12-26(24)28/h1-14H,15-22H2. The van der Waals surface area contributed by atoms with Crippen molar-refractivity contribution in [2.45, 2.75) is 0 Å². The van der Waals surface area contributed by atoms with E-state index < -0.39 is 0 Å². The van der Waals surface area contributed by atoms with Crippen molar-refractivity contribution in [2.75, 3.05) is 52.9 Å². The van der Waals surface area contributed by atoms with Crippen LogP contribution in [-0.2, 0) is 23.7 Å². The van der Waals surface area contributed by atoms with Crippen LogP contribution in [0.15, 0.2) is 84.9 Å². The molecule has 0 saturated carbocycles. The van der Waals surface area contributed by atoms with Crippen molar-refractivity contribution in [3.63, 3.8) is 0 Å². The van der Waals surface area contributed by atoms with Gasteiger partial charge in [0.15, 0.2) is 0 Å². The van der Waals surface area contributed by atoms with Gasteiger partial charge in [-0.25, -0.2) is 9.59 Å². The zero-order chi connectivity index (χ0) is 25.7. The lowest BCUT2D eigenvalue weighted by atomic mass is 10.1. The molecule has 192 valence electrons. The number of rotatable bonds is 14. The van der Waals surface area contributed by atoms with Crippen LogP contribution in [0.1, 0.15) is 20.7 Å². The van der Waals surface area contributed by atoms with E-state index in [0.29, 0.717) is 50.8 Å². The highest BCUT2D eigenvalue weighted by Crippen LogP contribution is 2.20. The average molecular weight is 503 g/mol. The molecule has 0 radical (unpaired) electrons. The first-order valence-electron chi connectivity index (χ1n) is 12.3. The van der Waals surface area contributed by atoms with Gasteiger partial charge in [-0.1, -0.05) is 72.8 Å². The molecule has 0 saturated heterocycles. The Hall–Kier alpha value is -3.78. The third-order valence-electron chi connectivity index (χ3n) is 5.68. The Kier molecular flexibility index (Phi) is 10.0. The van der Waals surface area contributed by atoms with E-state index in [-0.39, 0.29) is 25.2 Å². The summed E-state index contributed by atoms with van der Waals surface area (Å²) in [7, 11) is 0. The lowest BCUT2D eigenvalue weighted by molar-refractivity contribution is -0.00668. The van der Waals surface area contributed by atoms with Crippen LogP contribution in [0.4, 0.5) is 0 Å². The summed E-state index contributed by atoms with van der Waals surface area (Å²) >= 11 is 0. The Balaban J connectivity index is 0.996. The second kappa shape index (κ2) is 14.1. The third-order valence-corrected chi connectivity index (χ3v) is 5.68. The summed E-state index contributed by atoms with van der Waals surface area (Å²) in [6.07, 6.45) is 0. The normalized spacial score (nSPS) is 11.0. The molecule has 0 aromatic heterocycles. The highest BCUT2D eigenvalue weighted by molar-refractivity contribution is 6.05. The molecule has 4 aromatic carbocycles. The maximum atomic E-state index is 12.4. The van der Waals surface area contributed by atoms with Crippen molar-refractivity contribution in [2.24, 2.45) is 0 Å². The van der Waals surface area contributed by atoms with Gasteiger partial charge in [0.1, 0.15) is 13.2 Å². The molecule has 0 N–H and O–H groups in total. The summed E-state index contributed by atoms with van der Waals surface area (Å²) in [5.41, 5.74) is 1.09. The van der Waals surface area contributed by atoms with Gasteiger partial charge in [-0.3, -0.25) is 0 Å². The van der Waals surface area contributed by atoms with Gasteiger partial charge in [-0.15, -0.1) is 0 Å². The van der Waals surface area contributed by atoms with Gasteiger partial charge in [0.05, 0.1) is 50.8 Å². The number of benzene rings is 4. The van der Waals surface area contributed by atoms with E-state index >= 15 is 0 Å². The predicted molar refractivity (Wildman–Crippen MR) is 141 cm³/mol. The van der Waals surface area contributed by atoms with Crippen LogP contribution in [0.5, 0.6) is 0 Å². The molecular formula is C30H30O7. The molecule has 4 aromatic rings. The van der Waals surface area contributed by atoms with E-state index in [9.17, 15) is 9.59 Å². The molecule has 0 spiro atoms. The number of ether oxygens (including phenoxy) is 5. The van der Waals surface area contributed by atoms with Gasteiger partial charge < -0.3 is 23.7 Å². The zero-order valence-electron chi connectivity index (χ0n) is 20.6. The molecular weight excluding hydrogens is 472 g/mol. The topological polar surface area (TPSA) is 80.3 Å². The largest absolute Gasteiger partial charge is 0.460 e. The number of hydrogen-bond acceptors (Lipinski definition) is 7. The molecule has 0 fully saturated rings. The fourth-order valence-corrected chi connectivity index (χ4v) is 3.89. The first kappa shape index (κ1) is 26.3. The summed E-state index contributed by atoms with van der Waals surface area (Å²) in [4.78, 5) is 24.7. The second-order valence-corrected chi connectivity index (χ2v) is 8.16. The van der Waals surface area contributed by atoms with E-state index in [1.165, 1.54) is 0 Å². The second-order valence-electron chi connectivity index (χ2n) is 8.16. The van der Waals surface area contributed by atoms with Gasteiger partial charge in [-0.05, 0) is 33.7 Å². The molecule has 0 heterocycles. The Morgan fingerprint density at radius 2 is 0.784 bits per heavy atom. The van der Waals surface area contributed by atoms with Crippen LogP contribution >= 0.6 is 0 Å². The van der Waals surface area contributed by atoms with Gasteiger partial charge in [0, 0.05) is 0 Å². The van der Waals surface area contributed by atoms with Gasteiger partial charge in [0.25, 0.3) is 0 Å². The number of esters is 2. The van der Waals surface area contributed by atoms with E-state index in [0.717, 1.165) is 21.5 Å². The summed E-state index contributed by atoms with van der Waals surface area (Å²) in [5.74, 6) is -0.729.